The minimum atomic E-state index is 0.596. The van der Waals surface area contributed by atoms with E-state index in [9.17, 15) is 0 Å². The predicted octanol–water partition coefficient (Wildman–Crippen LogP) is 3.33. The highest BCUT2D eigenvalue weighted by atomic mass is 127. The van der Waals surface area contributed by atoms with Crippen molar-refractivity contribution in [3.05, 3.63) is 11.8 Å². The Kier molecular flexibility index (Phi) is 4.07. The smallest absolute Gasteiger partial charge is 0.0336 e. The van der Waals surface area contributed by atoms with Gasteiger partial charge in [0.05, 0.1) is 0 Å². The average Bonchev–Trinajstić information content (AvgIpc) is 2.84. The minimum absolute atomic E-state index is 0.596. The molecule has 1 aliphatic rings. The van der Waals surface area contributed by atoms with E-state index in [0.29, 0.717) is 3.92 Å². The zero-order valence-corrected chi connectivity index (χ0v) is 10.9. The van der Waals surface area contributed by atoms with Gasteiger partial charge in [0.25, 0.3) is 0 Å². The normalized spacial score (nSPS) is 23.3. The number of nitrogens with two attached hydrogens (primary N) is 1. The van der Waals surface area contributed by atoms with Gasteiger partial charge in [-0.05, 0) is 30.6 Å². The minimum Gasteiger partial charge on any atom is -0.402 e. The van der Waals surface area contributed by atoms with Gasteiger partial charge in [0.15, 0.2) is 0 Å². The van der Waals surface area contributed by atoms with Crippen LogP contribution in [0.4, 0.5) is 0 Å². The molecule has 0 aliphatic heterocycles. The van der Waals surface area contributed by atoms with Crippen molar-refractivity contribution in [2.24, 2.45) is 23.5 Å². The van der Waals surface area contributed by atoms with Crippen molar-refractivity contribution in [2.45, 2.75) is 37.5 Å². The Morgan fingerprint density at radius 1 is 1.38 bits per heavy atom. The monoisotopic (exact) mass is 293 g/mol. The number of rotatable bonds is 4. The van der Waals surface area contributed by atoms with Gasteiger partial charge >= 0.3 is 0 Å². The molecular weight excluding hydrogens is 273 g/mol. The Balaban J connectivity index is 2.46. The molecule has 1 aliphatic carbocycles. The topological polar surface area (TPSA) is 26.0 Å². The van der Waals surface area contributed by atoms with Gasteiger partial charge in [-0.15, -0.1) is 0 Å². The summed E-state index contributed by atoms with van der Waals surface area (Å²) in [5.74, 6) is 2.18. The van der Waals surface area contributed by atoms with Gasteiger partial charge in [-0.25, -0.2) is 0 Å². The Labute approximate surface area is 95.3 Å². The molecule has 13 heavy (non-hydrogen) atoms. The molecule has 2 atom stereocenters. The van der Waals surface area contributed by atoms with E-state index < -0.39 is 0 Å². The van der Waals surface area contributed by atoms with Crippen LogP contribution < -0.4 is 5.73 Å². The summed E-state index contributed by atoms with van der Waals surface area (Å²) in [5.41, 5.74) is 7.11. The maximum Gasteiger partial charge on any atom is 0.0336 e. The van der Waals surface area contributed by atoms with Crippen LogP contribution in [-0.4, -0.2) is 3.92 Å². The highest BCUT2D eigenvalue weighted by molar-refractivity contribution is 14.1. The Bertz CT molecular complexity index is 194. The second kappa shape index (κ2) is 4.67. The van der Waals surface area contributed by atoms with Crippen LogP contribution in [0.25, 0.3) is 0 Å². The molecule has 1 saturated carbocycles. The molecule has 0 aromatic heterocycles. The number of halogens is 1. The first-order valence-electron chi connectivity index (χ1n) is 5.13. The third-order valence-electron chi connectivity index (χ3n) is 2.95. The Morgan fingerprint density at radius 3 is 2.31 bits per heavy atom. The molecule has 0 aromatic carbocycles. The van der Waals surface area contributed by atoms with Crippen molar-refractivity contribution < 1.29 is 0 Å². The van der Waals surface area contributed by atoms with Crippen molar-refractivity contribution >= 4 is 22.6 Å². The largest absolute Gasteiger partial charge is 0.402 e. The summed E-state index contributed by atoms with van der Waals surface area (Å²) in [7, 11) is 0. The van der Waals surface area contributed by atoms with E-state index in [1.165, 1.54) is 12.8 Å². The SMILES string of the molecule is CC(C)[C@H](C)C(I)/C=C(\N)C1CC1. The summed E-state index contributed by atoms with van der Waals surface area (Å²) in [6, 6.07) is 0. The number of allylic oxidation sites excluding steroid dienone is 2. The summed E-state index contributed by atoms with van der Waals surface area (Å²) in [5, 5.41) is 0. The van der Waals surface area contributed by atoms with Crippen molar-refractivity contribution in [3.8, 4) is 0 Å². The van der Waals surface area contributed by atoms with Crippen LogP contribution in [0.3, 0.4) is 0 Å². The van der Waals surface area contributed by atoms with E-state index in [4.69, 9.17) is 5.73 Å². The lowest BCUT2D eigenvalue weighted by atomic mass is 9.94. The predicted molar refractivity (Wildman–Crippen MR) is 66.8 cm³/mol. The fourth-order valence-electron chi connectivity index (χ4n) is 1.26. The average molecular weight is 293 g/mol. The lowest BCUT2D eigenvalue weighted by Crippen LogP contribution is -2.16. The summed E-state index contributed by atoms with van der Waals surface area (Å²) >= 11 is 2.50. The van der Waals surface area contributed by atoms with Gasteiger partial charge in [0.1, 0.15) is 0 Å². The van der Waals surface area contributed by atoms with Crippen LogP contribution in [0.1, 0.15) is 33.6 Å². The fourth-order valence-corrected chi connectivity index (χ4v) is 2.50. The van der Waals surface area contributed by atoms with E-state index in [1.54, 1.807) is 0 Å². The van der Waals surface area contributed by atoms with Gasteiger partial charge < -0.3 is 5.73 Å². The van der Waals surface area contributed by atoms with Crippen LogP contribution in [0, 0.1) is 17.8 Å². The maximum atomic E-state index is 5.97. The van der Waals surface area contributed by atoms with Crippen molar-refractivity contribution in [1.82, 2.24) is 0 Å². The molecule has 0 saturated heterocycles. The first-order valence-corrected chi connectivity index (χ1v) is 6.38. The summed E-state index contributed by atoms with van der Waals surface area (Å²) in [6.45, 7) is 6.85. The molecule has 1 fully saturated rings. The molecule has 1 nitrogen and oxygen atoms in total. The van der Waals surface area contributed by atoms with E-state index in [1.807, 2.05) is 0 Å². The van der Waals surface area contributed by atoms with Gasteiger partial charge in [-0.1, -0.05) is 49.4 Å². The molecule has 76 valence electrons. The maximum absolute atomic E-state index is 5.97. The van der Waals surface area contributed by atoms with E-state index in [-0.39, 0.29) is 0 Å². The summed E-state index contributed by atoms with van der Waals surface area (Å²) < 4.78 is 0.596. The van der Waals surface area contributed by atoms with Crippen LogP contribution in [0.2, 0.25) is 0 Å². The highest BCUT2D eigenvalue weighted by Gasteiger charge is 2.25. The van der Waals surface area contributed by atoms with Crippen LogP contribution in [0.15, 0.2) is 11.8 Å². The molecule has 1 rings (SSSR count). The molecule has 0 bridgehead atoms. The van der Waals surface area contributed by atoms with Crippen LogP contribution in [-0.2, 0) is 0 Å². The molecule has 1 unspecified atom stereocenters. The van der Waals surface area contributed by atoms with E-state index >= 15 is 0 Å². The molecule has 0 heterocycles. The van der Waals surface area contributed by atoms with Crippen LogP contribution >= 0.6 is 22.6 Å². The lowest BCUT2D eigenvalue weighted by Gasteiger charge is -2.19. The third kappa shape index (κ3) is 3.49. The fraction of sp³-hybridized carbons (Fsp3) is 0.818. The van der Waals surface area contributed by atoms with Crippen molar-refractivity contribution in [2.75, 3.05) is 0 Å². The number of hydrogen-bond acceptors (Lipinski definition) is 1. The quantitative estimate of drug-likeness (QED) is 0.624. The molecule has 2 N–H and O–H groups in total. The second-order valence-corrected chi connectivity index (χ2v) is 5.93. The van der Waals surface area contributed by atoms with Gasteiger partial charge in [-0.3, -0.25) is 0 Å². The first-order chi connectivity index (χ1) is 6.02. The number of alkyl halides is 1. The zero-order valence-electron chi connectivity index (χ0n) is 8.76. The molecule has 0 spiro atoms. The molecule has 0 radical (unpaired) electrons. The molecular formula is C11H20IN. The lowest BCUT2D eigenvalue weighted by molar-refractivity contribution is 0.439. The zero-order chi connectivity index (χ0) is 10.0. The first kappa shape index (κ1) is 11.3. The van der Waals surface area contributed by atoms with Crippen molar-refractivity contribution in [3.63, 3.8) is 0 Å². The Hall–Kier alpha value is 0.270. The van der Waals surface area contributed by atoms with E-state index in [0.717, 1.165) is 23.5 Å². The molecule has 0 aromatic rings. The number of hydrogen-bond donors (Lipinski definition) is 1. The third-order valence-corrected chi connectivity index (χ3v) is 4.45. The summed E-state index contributed by atoms with van der Waals surface area (Å²) in [4.78, 5) is 0. The summed E-state index contributed by atoms with van der Waals surface area (Å²) in [6.07, 6.45) is 4.88. The standard InChI is InChI=1S/C11H20IN/c1-7(2)8(3)10(12)6-11(13)9-4-5-9/h6-10H,4-5,13H2,1-3H3/b11-6-/t8-,10?/m0/s1. The van der Waals surface area contributed by atoms with Gasteiger partial charge in [0.2, 0.25) is 0 Å². The van der Waals surface area contributed by atoms with Gasteiger partial charge in [-0.2, -0.15) is 0 Å². The second-order valence-electron chi connectivity index (χ2n) is 4.49. The highest BCUT2D eigenvalue weighted by Crippen LogP contribution is 2.35. The molecule has 0 amide bonds. The van der Waals surface area contributed by atoms with Crippen LogP contribution in [0.5, 0.6) is 0 Å². The molecule has 2 heteroatoms. The van der Waals surface area contributed by atoms with Gasteiger partial charge in [0, 0.05) is 9.62 Å². The van der Waals surface area contributed by atoms with Crippen molar-refractivity contribution in [1.29, 1.82) is 0 Å². The van der Waals surface area contributed by atoms with E-state index in [2.05, 4.69) is 49.4 Å². The Morgan fingerprint density at radius 2 is 1.92 bits per heavy atom.